The van der Waals surface area contributed by atoms with Crippen molar-refractivity contribution in [2.75, 3.05) is 32.8 Å². The van der Waals surface area contributed by atoms with E-state index in [9.17, 15) is 19.2 Å². The molecule has 200 valence electrons. The second-order valence-corrected chi connectivity index (χ2v) is 9.86. The van der Waals surface area contributed by atoms with E-state index in [2.05, 4.69) is 18.5 Å². The van der Waals surface area contributed by atoms with Crippen LogP contribution in [0.2, 0.25) is 0 Å². The highest BCUT2D eigenvalue weighted by atomic mass is 16.6. The molecule has 35 heavy (non-hydrogen) atoms. The van der Waals surface area contributed by atoms with Crippen molar-refractivity contribution in [2.45, 2.75) is 78.9 Å². The molecule has 1 saturated heterocycles. The third-order valence-corrected chi connectivity index (χ3v) is 4.28. The predicted octanol–water partition coefficient (Wildman–Crippen LogP) is 4.14. The van der Waals surface area contributed by atoms with Crippen LogP contribution >= 0.6 is 0 Å². The Morgan fingerprint density at radius 2 is 1.31 bits per heavy atom. The van der Waals surface area contributed by atoms with E-state index in [1.54, 1.807) is 53.4 Å². The molecule has 0 spiro atoms. The van der Waals surface area contributed by atoms with Crippen LogP contribution in [0.5, 0.6) is 0 Å². The zero-order chi connectivity index (χ0) is 27.2. The van der Waals surface area contributed by atoms with Crippen LogP contribution < -0.4 is 5.32 Å². The summed E-state index contributed by atoms with van der Waals surface area (Å²) in [4.78, 5) is 47.0. The minimum Gasteiger partial charge on any atom is -0.459 e. The van der Waals surface area contributed by atoms with Crippen molar-refractivity contribution < 1.29 is 38.1 Å². The number of carbonyl (C=O) groups excluding carboxylic acids is 4. The van der Waals surface area contributed by atoms with Gasteiger partial charge < -0.3 is 29.2 Å². The topological polar surface area (TPSA) is 120 Å². The average molecular weight is 499 g/mol. The number of carbonyl (C=O) groups is 4. The van der Waals surface area contributed by atoms with Crippen LogP contribution in [0.25, 0.3) is 0 Å². The Hall–Kier alpha value is -3.04. The first-order chi connectivity index (χ1) is 16.0. The Labute approximate surface area is 209 Å². The normalized spacial score (nSPS) is 13.4. The molecule has 0 saturated carbocycles. The standard InChI is InChI=1S/C13H23NO4.C12H19NO4/c1-9(2)10(15)17-13(6,7)8-14-11(16)18-12(3,4)5;1-10(2)11(14)16-8-9-17-12(15)13-6-4-3-5-7-13/h1,8H2,2-7H3,(H,14,16);1,3-9H2,2H3. The van der Waals surface area contributed by atoms with Crippen LogP contribution in [0.15, 0.2) is 24.3 Å². The molecule has 0 unspecified atom stereocenters. The summed E-state index contributed by atoms with van der Waals surface area (Å²) in [5.41, 5.74) is -0.706. The molecule has 2 amide bonds. The van der Waals surface area contributed by atoms with Gasteiger partial charge in [0, 0.05) is 24.2 Å². The van der Waals surface area contributed by atoms with E-state index in [0.717, 1.165) is 25.9 Å². The van der Waals surface area contributed by atoms with Gasteiger partial charge in [0.1, 0.15) is 24.4 Å². The summed E-state index contributed by atoms with van der Waals surface area (Å²) >= 11 is 0. The number of alkyl carbamates (subject to hydrolysis) is 1. The highest BCUT2D eigenvalue weighted by molar-refractivity contribution is 5.87. The molecule has 0 aromatic carbocycles. The molecule has 1 fully saturated rings. The highest BCUT2D eigenvalue weighted by Crippen LogP contribution is 2.12. The van der Waals surface area contributed by atoms with Crippen molar-refractivity contribution in [2.24, 2.45) is 0 Å². The van der Waals surface area contributed by atoms with Gasteiger partial charge in [-0.3, -0.25) is 0 Å². The fourth-order valence-corrected chi connectivity index (χ4v) is 2.53. The molecule has 1 aliphatic heterocycles. The Balaban J connectivity index is 0.000000661. The zero-order valence-electron chi connectivity index (χ0n) is 22.3. The lowest BCUT2D eigenvalue weighted by molar-refractivity contribution is -0.151. The van der Waals surface area contributed by atoms with Crippen molar-refractivity contribution in [3.8, 4) is 0 Å². The number of ether oxygens (including phenoxy) is 4. The van der Waals surface area contributed by atoms with Crippen LogP contribution in [-0.4, -0.2) is 73.1 Å². The maximum absolute atomic E-state index is 11.5. The monoisotopic (exact) mass is 498 g/mol. The molecule has 10 heteroatoms. The molecular formula is C25H42N2O8. The fraction of sp³-hybridized carbons (Fsp3) is 0.680. The van der Waals surface area contributed by atoms with Gasteiger partial charge in [-0.15, -0.1) is 0 Å². The first-order valence-corrected chi connectivity index (χ1v) is 11.6. The molecule has 1 N–H and O–H groups in total. The van der Waals surface area contributed by atoms with Crippen molar-refractivity contribution in [3.63, 3.8) is 0 Å². The van der Waals surface area contributed by atoms with Gasteiger partial charge in [0.15, 0.2) is 0 Å². The minimum atomic E-state index is -0.813. The number of nitrogens with one attached hydrogen (secondary N) is 1. The molecule has 0 aliphatic carbocycles. The maximum atomic E-state index is 11.5. The summed E-state index contributed by atoms with van der Waals surface area (Å²) in [6.45, 7) is 20.7. The average Bonchev–Trinajstić information content (AvgIpc) is 2.74. The van der Waals surface area contributed by atoms with Gasteiger partial charge in [0.2, 0.25) is 0 Å². The van der Waals surface area contributed by atoms with Crippen molar-refractivity contribution in [1.29, 1.82) is 0 Å². The summed E-state index contributed by atoms with van der Waals surface area (Å²) in [6.07, 6.45) is 2.36. The largest absolute Gasteiger partial charge is 0.459 e. The summed E-state index contributed by atoms with van der Waals surface area (Å²) in [6, 6.07) is 0. The summed E-state index contributed by atoms with van der Waals surface area (Å²) in [5.74, 6) is -0.940. The molecular weight excluding hydrogens is 456 g/mol. The smallest absolute Gasteiger partial charge is 0.409 e. The fourth-order valence-electron chi connectivity index (χ4n) is 2.53. The summed E-state index contributed by atoms with van der Waals surface area (Å²) in [5, 5.41) is 2.56. The van der Waals surface area contributed by atoms with Gasteiger partial charge in [0.25, 0.3) is 0 Å². The number of likely N-dealkylation sites (tertiary alicyclic amines) is 1. The molecule has 0 radical (unpaired) electrons. The number of esters is 2. The van der Waals surface area contributed by atoms with Crippen LogP contribution in [0.3, 0.4) is 0 Å². The molecule has 1 heterocycles. The van der Waals surface area contributed by atoms with E-state index in [-0.39, 0.29) is 25.9 Å². The number of hydrogen-bond donors (Lipinski definition) is 1. The second kappa shape index (κ2) is 15.1. The van der Waals surface area contributed by atoms with E-state index in [1.807, 2.05) is 0 Å². The quantitative estimate of drug-likeness (QED) is 0.229. The van der Waals surface area contributed by atoms with Crippen LogP contribution in [0.4, 0.5) is 9.59 Å². The van der Waals surface area contributed by atoms with Gasteiger partial charge in [-0.1, -0.05) is 13.2 Å². The van der Waals surface area contributed by atoms with Gasteiger partial charge in [0.05, 0.1) is 6.54 Å². The summed E-state index contributed by atoms with van der Waals surface area (Å²) < 4.78 is 20.0. The number of rotatable bonds is 8. The zero-order valence-corrected chi connectivity index (χ0v) is 22.3. The number of hydrogen-bond acceptors (Lipinski definition) is 8. The lowest BCUT2D eigenvalue weighted by Gasteiger charge is -2.26. The van der Waals surface area contributed by atoms with Crippen LogP contribution in [0, 0.1) is 0 Å². The third-order valence-electron chi connectivity index (χ3n) is 4.28. The molecule has 0 aromatic rings. The van der Waals surface area contributed by atoms with Crippen molar-refractivity contribution in [3.05, 3.63) is 24.3 Å². The van der Waals surface area contributed by atoms with Gasteiger partial charge >= 0.3 is 24.1 Å². The minimum absolute atomic E-state index is 0.0747. The first-order valence-electron chi connectivity index (χ1n) is 11.6. The molecule has 10 nitrogen and oxygen atoms in total. The molecule has 0 aromatic heterocycles. The van der Waals surface area contributed by atoms with Crippen LogP contribution in [0.1, 0.15) is 67.7 Å². The summed E-state index contributed by atoms with van der Waals surface area (Å²) in [7, 11) is 0. The predicted molar refractivity (Wildman–Crippen MR) is 132 cm³/mol. The molecule has 0 bridgehead atoms. The number of amides is 2. The van der Waals surface area contributed by atoms with Gasteiger partial charge in [-0.2, -0.15) is 0 Å². The highest BCUT2D eigenvalue weighted by Gasteiger charge is 2.25. The maximum Gasteiger partial charge on any atom is 0.409 e. The Morgan fingerprint density at radius 3 is 1.80 bits per heavy atom. The Kier molecular flexibility index (Phi) is 13.7. The molecule has 1 rings (SSSR count). The van der Waals surface area contributed by atoms with Crippen LogP contribution in [-0.2, 0) is 28.5 Å². The van der Waals surface area contributed by atoms with Crippen molar-refractivity contribution >= 4 is 24.1 Å². The number of piperidine rings is 1. The third kappa shape index (κ3) is 16.3. The first kappa shape index (κ1) is 32.0. The van der Waals surface area contributed by atoms with E-state index in [1.165, 1.54) is 6.42 Å². The lowest BCUT2D eigenvalue weighted by atomic mass is 10.1. The van der Waals surface area contributed by atoms with Crippen molar-refractivity contribution in [1.82, 2.24) is 10.2 Å². The van der Waals surface area contributed by atoms with Gasteiger partial charge in [-0.05, 0) is 67.7 Å². The SMILES string of the molecule is C=C(C)C(=O)OC(C)(C)CNC(=O)OC(C)(C)C.C=C(C)C(=O)OCCOC(=O)N1CCCCC1. The van der Waals surface area contributed by atoms with E-state index in [0.29, 0.717) is 11.1 Å². The number of nitrogens with zero attached hydrogens (tertiary/aromatic N) is 1. The van der Waals surface area contributed by atoms with E-state index in [4.69, 9.17) is 18.9 Å². The Morgan fingerprint density at radius 1 is 0.800 bits per heavy atom. The Bertz CT molecular complexity index is 762. The van der Waals surface area contributed by atoms with E-state index < -0.39 is 29.2 Å². The van der Waals surface area contributed by atoms with Gasteiger partial charge in [-0.25, -0.2) is 19.2 Å². The lowest BCUT2D eigenvalue weighted by Crippen LogP contribution is -2.43. The molecule has 1 aliphatic rings. The second-order valence-electron chi connectivity index (χ2n) is 9.86. The van der Waals surface area contributed by atoms with E-state index >= 15 is 0 Å². The molecule has 0 atom stereocenters.